The third-order valence-electron chi connectivity index (χ3n) is 3.98. The summed E-state index contributed by atoms with van der Waals surface area (Å²) in [5.74, 6) is 0.0743. The number of nitrogens with zero attached hydrogens (tertiary/aromatic N) is 1. The van der Waals surface area contributed by atoms with Crippen molar-refractivity contribution in [2.75, 3.05) is 31.2 Å². The summed E-state index contributed by atoms with van der Waals surface area (Å²) in [5, 5.41) is 3.43. The SMILES string of the molecule is CCCNC1COCC1C(=O)N(CC)c1ccc(C)cc1. The van der Waals surface area contributed by atoms with Crippen molar-refractivity contribution in [1.29, 1.82) is 0 Å². The molecule has 0 bridgehead atoms. The van der Waals surface area contributed by atoms with Crippen LogP contribution in [0.1, 0.15) is 25.8 Å². The Morgan fingerprint density at radius 3 is 2.62 bits per heavy atom. The quantitative estimate of drug-likeness (QED) is 0.874. The molecule has 4 heteroatoms. The minimum absolute atomic E-state index is 0.0854. The Kier molecular flexibility index (Phi) is 5.76. The normalized spacial score (nSPS) is 21.5. The van der Waals surface area contributed by atoms with Gasteiger partial charge in [0, 0.05) is 18.3 Å². The Morgan fingerprint density at radius 2 is 2.00 bits per heavy atom. The van der Waals surface area contributed by atoms with E-state index in [1.807, 2.05) is 36.1 Å². The highest BCUT2D eigenvalue weighted by Crippen LogP contribution is 2.22. The summed E-state index contributed by atoms with van der Waals surface area (Å²) in [5.41, 5.74) is 2.17. The standard InChI is InChI=1S/C17H26N2O2/c1-4-10-18-16-12-21-11-15(16)17(20)19(5-2)14-8-6-13(3)7-9-14/h6-9,15-16,18H,4-5,10-12H2,1-3H3. The van der Waals surface area contributed by atoms with Gasteiger partial charge < -0.3 is 15.0 Å². The number of rotatable bonds is 6. The van der Waals surface area contributed by atoms with E-state index in [0.717, 1.165) is 18.7 Å². The predicted octanol–water partition coefficient (Wildman–Crippen LogP) is 2.36. The Bertz CT molecular complexity index is 458. The van der Waals surface area contributed by atoms with Crippen molar-refractivity contribution in [2.45, 2.75) is 33.2 Å². The number of amides is 1. The van der Waals surface area contributed by atoms with Crippen LogP contribution in [0.5, 0.6) is 0 Å². The number of benzene rings is 1. The lowest BCUT2D eigenvalue weighted by atomic mass is 10.0. The molecule has 1 heterocycles. The molecule has 2 rings (SSSR count). The largest absolute Gasteiger partial charge is 0.379 e. The zero-order chi connectivity index (χ0) is 15.2. The number of hydrogen-bond donors (Lipinski definition) is 1. The average molecular weight is 290 g/mol. The van der Waals surface area contributed by atoms with Crippen molar-refractivity contribution < 1.29 is 9.53 Å². The van der Waals surface area contributed by atoms with E-state index in [2.05, 4.69) is 19.2 Å². The molecule has 1 aromatic carbocycles. The van der Waals surface area contributed by atoms with Crippen molar-refractivity contribution in [3.63, 3.8) is 0 Å². The van der Waals surface area contributed by atoms with Gasteiger partial charge in [0.1, 0.15) is 0 Å². The summed E-state index contributed by atoms with van der Waals surface area (Å²) < 4.78 is 5.53. The molecule has 0 spiro atoms. The Morgan fingerprint density at radius 1 is 1.29 bits per heavy atom. The molecule has 1 aliphatic rings. The summed E-state index contributed by atoms with van der Waals surface area (Å²) in [6, 6.07) is 8.26. The van der Waals surface area contributed by atoms with E-state index in [9.17, 15) is 4.79 Å². The maximum Gasteiger partial charge on any atom is 0.234 e. The molecule has 0 saturated carbocycles. The van der Waals surface area contributed by atoms with Crippen LogP contribution in [0.3, 0.4) is 0 Å². The van der Waals surface area contributed by atoms with Crippen LogP contribution in [0.4, 0.5) is 5.69 Å². The molecule has 1 amide bonds. The minimum atomic E-state index is -0.0854. The van der Waals surface area contributed by atoms with E-state index in [1.165, 1.54) is 5.56 Å². The van der Waals surface area contributed by atoms with Crippen molar-refractivity contribution in [3.8, 4) is 0 Å². The monoisotopic (exact) mass is 290 g/mol. The van der Waals surface area contributed by atoms with Crippen LogP contribution in [0, 0.1) is 12.8 Å². The fourth-order valence-corrected chi connectivity index (χ4v) is 2.72. The molecule has 0 aromatic heterocycles. The third-order valence-corrected chi connectivity index (χ3v) is 3.98. The van der Waals surface area contributed by atoms with Crippen LogP contribution in [0.25, 0.3) is 0 Å². The summed E-state index contributed by atoms with van der Waals surface area (Å²) in [7, 11) is 0. The van der Waals surface area contributed by atoms with Gasteiger partial charge in [-0.05, 0) is 38.9 Å². The number of carbonyl (C=O) groups is 1. The maximum atomic E-state index is 12.8. The molecule has 1 saturated heterocycles. The van der Waals surface area contributed by atoms with Gasteiger partial charge >= 0.3 is 0 Å². The summed E-state index contributed by atoms with van der Waals surface area (Å²) in [6.45, 7) is 8.95. The van der Waals surface area contributed by atoms with Gasteiger partial charge in [-0.1, -0.05) is 24.6 Å². The van der Waals surface area contributed by atoms with E-state index in [1.54, 1.807) is 0 Å². The van der Waals surface area contributed by atoms with Gasteiger partial charge in [-0.15, -0.1) is 0 Å². The lowest BCUT2D eigenvalue weighted by Gasteiger charge is -2.27. The van der Waals surface area contributed by atoms with Gasteiger partial charge in [0.05, 0.1) is 19.1 Å². The first-order chi connectivity index (χ1) is 10.2. The van der Waals surface area contributed by atoms with E-state index in [0.29, 0.717) is 19.8 Å². The molecule has 4 nitrogen and oxygen atoms in total. The van der Waals surface area contributed by atoms with Crippen LogP contribution in [0.2, 0.25) is 0 Å². The zero-order valence-corrected chi connectivity index (χ0v) is 13.3. The second-order valence-electron chi connectivity index (χ2n) is 5.62. The van der Waals surface area contributed by atoms with Crippen molar-refractivity contribution in [2.24, 2.45) is 5.92 Å². The molecule has 0 aliphatic carbocycles. The molecule has 1 aromatic rings. The fraction of sp³-hybridized carbons (Fsp3) is 0.588. The van der Waals surface area contributed by atoms with Crippen LogP contribution >= 0.6 is 0 Å². The molecule has 0 radical (unpaired) electrons. The lowest BCUT2D eigenvalue weighted by Crippen LogP contribution is -2.46. The first-order valence-corrected chi connectivity index (χ1v) is 7.86. The average Bonchev–Trinajstić information content (AvgIpc) is 2.96. The van der Waals surface area contributed by atoms with Gasteiger partial charge in [0.25, 0.3) is 0 Å². The van der Waals surface area contributed by atoms with Gasteiger partial charge in [-0.2, -0.15) is 0 Å². The zero-order valence-electron chi connectivity index (χ0n) is 13.3. The van der Waals surface area contributed by atoms with E-state index < -0.39 is 0 Å². The molecule has 2 unspecified atom stereocenters. The first-order valence-electron chi connectivity index (χ1n) is 7.86. The molecule has 2 atom stereocenters. The fourth-order valence-electron chi connectivity index (χ4n) is 2.72. The number of nitrogens with one attached hydrogen (secondary N) is 1. The number of hydrogen-bond acceptors (Lipinski definition) is 3. The summed E-state index contributed by atoms with van der Waals surface area (Å²) in [6.07, 6.45) is 1.06. The molecular formula is C17H26N2O2. The predicted molar refractivity (Wildman–Crippen MR) is 85.6 cm³/mol. The van der Waals surface area contributed by atoms with Crippen LogP contribution < -0.4 is 10.2 Å². The Labute approximate surface area is 127 Å². The van der Waals surface area contributed by atoms with Gasteiger partial charge in [-0.25, -0.2) is 0 Å². The third kappa shape index (κ3) is 3.83. The van der Waals surface area contributed by atoms with Crippen molar-refractivity contribution >= 4 is 11.6 Å². The van der Waals surface area contributed by atoms with Gasteiger partial charge in [0.15, 0.2) is 0 Å². The maximum absolute atomic E-state index is 12.8. The van der Waals surface area contributed by atoms with Crippen molar-refractivity contribution in [3.05, 3.63) is 29.8 Å². The van der Waals surface area contributed by atoms with Crippen molar-refractivity contribution in [1.82, 2.24) is 5.32 Å². The van der Waals surface area contributed by atoms with E-state index in [4.69, 9.17) is 4.74 Å². The molecule has 116 valence electrons. The molecule has 1 aliphatic heterocycles. The van der Waals surface area contributed by atoms with E-state index >= 15 is 0 Å². The molecule has 1 fully saturated rings. The highest BCUT2D eigenvalue weighted by molar-refractivity contribution is 5.95. The lowest BCUT2D eigenvalue weighted by molar-refractivity contribution is -0.122. The number of carbonyl (C=O) groups excluding carboxylic acids is 1. The van der Waals surface area contributed by atoms with Crippen LogP contribution in [0.15, 0.2) is 24.3 Å². The van der Waals surface area contributed by atoms with Gasteiger partial charge in [-0.3, -0.25) is 4.79 Å². The smallest absolute Gasteiger partial charge is 0.234 e. The Hall–Kier alpha value is -1.39. The Balaban J connectivity index is 2.10. The molecule has 1 N–H and O–H groups in total. The highest BCUT2D eigenvalue weighted by Gasteiger charge is 2.36. The number of anilines is 1. The summed E-state index contributed by atoms with van der Waals surface area (Å²) >= 11 is 0. The number of aryl methyl sites for hydroxylation is 1. The number of ether oxygens (including phenoxy) is 1. The second-order valence-corrected chi connectivity index (χ2v) is 5.62. The highest BCUT2D eigenvalue weighted by atomic mass is 16.5. The van der Waals surface area contributed by atoms with Gasteiger partial charge in [0.2, 0.25) is 5.91 Å². The molecule has 21 heavy (non-hydrogen) atoms. The van der Waals surface area contributed by atoms with E-state index in [-0.39, 0.29) is 17.9 Å². The second kappa shape index (κ2) is 7.57. The van der Waals surface area contributed by atoms with Crippen LogP contribution in [-0.2, 0) is 9.53 Å². The summed E-state index contributed by atoms with van der Waals surface area (Å²) in [4.78, 5) is 14.7. The minimum Gasteiger partial charge on any atom is -0.379 e. The molecular weight excluding hydrogens is 264 g/mol. The van der Waals surface area contributed by atoms with Crippen LogP contribution in [-0.4, -0.2) is 38.3 Å². The topological polar surface area (TPSA) is 41.6 Å². The first kappa shape index (κ1) is 16.0.